The first-order valence-corrected chi connectivity index (χ1v) is 5.68. The summed E-state index contributed by atoms with van der Waals surface area (Å²) in [4.78, 5) is 16.0. The number of carbonyl (C=O) groups excluding carboxylic acids is 1. The van der Waals surface area contributed by atoms with Crippen LogP contribution in [0, 0.1) is 0 Å². The summed E-state index contributed by atoms with van der Waals surface area (Å²) in [6, 6.07) is 8.40. The second kappa shape index (κ2) is 5.71. The van der Waals surface area contributed by atoms with E-state index in [9.17, 15) is 13.6 Å². The van der Waals surface area contributed by atoms with Crippen LogP contribution in [0.15, 0.2) is 36.5 Å². The fraction of sp³-hybridized carbons (Fsp3) is 0.231. The van der Waals surface area contributed by atoms with Crippen LogP contribution in [0.25, 0.3) is 10.9 Å². The molecule has 1 aromatic heterocycles. The topological polar surface area (TPSA) is 62.2 Å². The van der Waals surface area contributed by atoms with Crippen LogP contribution in [-0.4, -0.2) is 35.1 Å². The van der Waals surface area contributed by atoms with Gasteiger partial charge in [-0.05, 0) is 18.2 Å². The quantitative estimate of drug-likeness (QED) is 0.883. The van der Waals surface area contributed by atoms with Gasteiger partial charge in [0, 0.05) is 23.7 Å². The highest BCUT2D eigenvalue weighted by molar-refractivity contribution is 6.06. The van der Waals surface area contributed by atoms with Gasteiger partial charge in [0.25, 0.3) is 12.3 Å². The van der Waals surface area contributed by atoms with Crippen molar-refractivity contribution in [3.05, 3.63) is 42.1 Å². The molecule has 0 saturated carbocycles. The van der Waals surface area contributed by atoms with Gasteiger partial charge in [-0.25, -0.2) is 8.78 Å². The number of aliphatic hydroxyl groups is 1. The maximum atomic E-state index is 12.1. The summed E-state index contributed by atoms with van der Waals surface area (Å²) in [5.74, 6) is -0.515. The number of fused-ring (bicyclic) bond motifs is 1. The molecule has 0 aliphatic rings. The second-order valence-corrected chi connectivity index (χ2v) is 3.99. The van der Waals surface area contributed by atoms with E-state index in [0.717, 1.165) is 0 Å². The van der Waals surface area contributed by atoms with Crippen molar-refractivity contribution in [3.8, 4) is 0 Å². The highest BCUT2D eigenvalue weighted by Crippen LogP contribution is 2.16. The molecule has 0 aliphatic heterocycles. The molecular formula is C13H12F2N2O2. The number of pyridine rings is 1. The summed E-state index contributed by atoms with van der Waals surface area (Å²) in [7, 11) is 0. The second-order valence-electron chi connectivity index (χ2n) is 3.99. The molecule has 1 aromatic carbocycles. The van der Waals surface area contributed by atoms with E-state index in [2.05, 4.69) is 10.3 Å². The molecule has 2 N–H and O–H groups in total. The normalized spacial score (nSPS) is 12.6. The molecule has 1 atom stereocenters. The van der Waals surface area contributed by atoms with E-state index in [1.807, 2.05) is 0 Å². The monoisotopic (exact) mass is 266 g/mol. The molecule has 0 fully saturated rings. The maximum absolute atomic E-state index is 12.1. The first-order chi connectivity index (χ1) is 9.09. The van der Waals surface area contributed by atoms with Gasteiger partial charge in [0.15, 0.2) is 0 Å². The molecule has 1 amide bonds. The Morgan fingerprint density at radius 2 is 2.11 bits per heavy atom. The molecule has 2 aromatic rings. The molecule has 4 nitrogen and oxygen atoms in total. The fourth-order valence-electron chi connectivity index (χ4n) is 1.68. The van der Waals surface area contributed by atoms with E-state index in [-0.39, 0.29) is 0 Å². The Labute approximate surface area is 108 Å². The molecule has 0 aliphatic carbocycles. The Morgan fingerprint density at radius 3 is 2.84 bits per heavy atom. The number of benzene rings is 1. The zero-order valence-corrected chi connectivity index (χ0v) is 9.88. The van der Waals surface area contributed by atoms with Crippen LogP contribution in [0.5, 0.6) is 0 Å². The molecule has 19 heavy (non-hydrogen) atoms. The smallest absolute Gasteiger partial charge is 0.265 e. The number of alkyl halides is 2. The molecule has 2 rings (SSSR count). The van der Waals surface area contributed by atoms with Crippen molar-refractivity contribution in [2.75, 3.05) is 6.54 Å². The first-order valence-electron chi connectivity index (χ1n) is 5.68. The molecule has 0 radical (unpaired) electrons. The van der Waals surface area contributed by atoms with Crippen LogP contribution in [0.2, 0.25) is 0 Å². The number of rotatable bonds is 4. The van der Waals surface area contributed by atoms with E-state index in [1.54, 1.807) is 36.5 Å². The van der Waals surface area contributed by atoms with Gasteiger partial charge in [-0.3, -0.25) is 9.78 Å². The van der Waals surface area contributed by atoms with Crippen molar-refractivity contribution >= 4 is 16.8 Å². The van der Waals surface area contributed by atoms with E-state index in [1.165, 1.54) is 0 Å². The van der Waals surface area contributed by atoms with Crippen LogP contribution >= 0.6 is 0 Å². The third-order valence-corrected chi connectivity index (χ3v) is 2.65. The SMILES string of the molecule is O=C(NCC(O)C(F)F)c1cccc2ncccc12. The lowest BCUT2D eigenvalue weighted by atomic mass is 10.1. The number of hydrogen-bond acceptors (Lipinski definition) is 3. The molecule has 0 bridgehead atoms. The number of carbonyl (C=O) groups is 1. The standard InChI is InChI=1S/C13H12F2N2O2/c14-12(15)11(18)7-17-13(19)9-3-1-5-10-8(9)4-2-6-16-10/h1-6,11-12,18H,7H2,(H,17,19). The van der Waals surface area contributed by atoms with Crippen molar-refractivity contribution in [3.63, 3.8) is 0 Å². The Bertz CT molecular complexity index is 584. The van der Waals surface area contributed by atoms with Crippen molar-refractivity contribution in [2.45, 2.75) is 12.5 Å². The number of nitrogens with zero attached hydrogens (tertiary/aromatic N) is 1. The van der Waals surface area contributed by atoms with E-state index >= 15 is 0 Å². The summed E-state index contributed by atoms with van der Waals surface area (Å²) in [5, 5.41) is 11.9. The van der Waals surface area contributed by atoms with Crippen molar-refractivity contribution in [2.24, 2.45) is 0 Å². The summed E-state index contributed by atoms with van der Waals surface area (Å²) in [6.07, 6.45) is -3.14. The van der Waals surface area contributed by atoms with Crippen LogP contribution < -0.4 is 5.32 Å². The number of nitrogens with one attached hydrogen (secondary N) is 1. The van der Waals surface area contributed by atoms with Crippen molar-refractivity contribution in [1.29, 1.82) is 0 Å². The van der Waals surface area contributed by atoms with E-state index in [0.29, 0.717) is 16.5 Å². The summed E-state index contributed by atoms with van der Waals surface area (Å²) in [5.41, 5.74) is 0.983. The van der Waals surface area contributed by atoms with E-state index < -0.39 is 25.0 Å². The third kappa shape index (κ3) is 3.03. The number of aliphatic hydroxyl groups excluding tert-OH is 1. The van der Waals surface area contributed by atoms with Crippen molar-refractivity contribution < 1.29 is 18.7 Å². The van der Waals surface area contributed by atoms with E-state index in [4.69, 9.17) is 5.11 Å². The van der Waals surface area contributed by atoms with Crippen molar-refractivity contribution in [1.82, 2.24) is 10.3 Å². The minimum atomic E-state index is -2.88. The summed E-state index contributed by atoms with van der Waals surface area (Å²) in [6.45, 7) is -0.493. The molecule has 1 heterocycles. The Balaban J connectivity index is 2.18. The Kier molecular flexibility index (Phi) is 4.01. The molecule has 0 spiro atoms. The number of hydrogen-bond donors (Lipinski definition) is 2. The molecule has 100 valence electrons. The Morgan fingerprint density at radius 1 is 1.32 bits per heavy atom. The lowest BCUT2D eigenvalue weighted by Crippen LogP contribution is -2.35. The zero-order valence-electron chi connectivity index (χ0n) is 9.88. The molecule has 6 heteroatoms. The Hall–Kier alpha value is -2.08. The van der Waals surface area contributed by atoms with Gasteiger partial charge in [-0.1, -0.05) is 12.1 Å². The number of amides is 1. The predicted octanol–water partition coefficient (Wildman–Crippen LogP) is 1.59. The van der Waals surface area contributed by atoms with Gasteiger partial charge in [-0.2, -0.15) is 0 Å². The lowest BCUT2D eigenvalue weighted by molar-refractivity contribution is -0.00269. The van der Waals surface area contributed by atoms with Gasteiger partial charge in [0.05, 0.1) is 5.52 Å². The van der Waals surface area contributed by atoms with Crippen LogP contribution in [0.1, 0.15) is 10.4 Å². The molecule has 1 unspecified atom stereocenters. The van der Waals surface area contributed by atoms with Gasteiger partial charge >= 0.3 is 0 Å². The zero-order chi connectivity index (χ0) is 13.8. The number of aromatic nitrogens is 1. The first kappa shape index (κ1) is 13.4. The van der Waals surface area contributed by atoms with Gasteiger partial charge < -0.3 is 10.4 Å². The maximum Gasteiger partial charge on any atom is 0.265 e. The van der Waals surface area contributed by atoms with Gasteiger partial charge in [-0.15, -0.1) is 0 Å². The minimum absolute atomic E-state index is 0.340. The minimum Gasteiger partial charge on any atom is -0.385 e. The largest absolute Gasteiger partial charge is 0.385 e. The summed E-state index contributed by atoms with van der Waals surface area (Å²) >= 11 is 0. The highest BCUT2D eigenvalue weighted by Gasteiger charge is 2.18. The van der Waals surface area contributed by atoms with Crippen LogP contribution in [0.4, 0.5) is 8.78 Å². The van der Waals surface area contributed by atoms with Gasteiger partial charge in [0.1, 0.15) is 6.10 Å². The van der Waals surface area contributed by atoms with Crippen LogP contribution in [-0.2, 0) is 0 Å². The lowest BCUT2D eigenvalue weighted by Gasteiger charge is -2.11. The third-order valence-electron chi connectivity index (χ3n) is 2.65. The fourth-order valence-corrected chi connectivity index (χ4v) is 1.68. The molecule has 0 saturated heterocycles. The summed E-state index contributed by atoms with van der Waals surface area (Å²) < 4.78 is 24.2. The average Bonchev–Trinajstić information content (AvgIpc) is 2.43. The van der Waals surface area contributed by atoms with Gasteiger partial charge in [0.2, 0.25) is 0 Å². The van der Waals surface area contributed by atoms with Crippen LogP contribution in [0.3, 0.4) is 0 Å². The molecular weight excluding hydrogens is 254 g/mol. The highest BCUT2D eigenvalue weighted by atomic mass is 19.3. The number of halogens is 2. The average molecular weight is 266 g/mol. The predicted molar refractivity (Wildman–Crippen MR) is 66.1 cm³/mol.